The van der Waals surface area contributed by atoms with Gasteiger partial charge >= 0.3 is 0 Å². The zero-order valence-electron chi connectivity index (χ0n) is 15.8. The summed E-state index contributed by atoms with van der Waals surface area (Å²) in [6.07, 6.45) is 8.95. The summed E-state index contributed by atoms with van der Waals surface area (Å²) in [6, 6.07) is 10.9. The van der Waals surface area contributed by atoms with E-state index in [-0.39, 0.29) is 0 Å². The minimum absolute atomic E-state index is 0.306. The summed E-state index contributed by atoms with van der Waals surface area (Å²) < 4.78 is 5.34. The number of benzene rings is 1. The van der Waals surface area contributed by atoms with Crippen LogP contribution in [0.2, 0.25) is 0 Å². The average Bonchev–Trinajstić information content (AvgIpc) is 3.32. The fourth-order valence-electron chi connectivity index (χ4n) is 4.21. The molecule has 0 aromatic heterocycles. The van der Waals surface area contributed by atoms with E-state index in [1.165, 1.54) is 44.1 Å². The maximum Gasteiger partial charge on any atom is 0.191 e. The van der Waals surface area contributed by atoms with Crippen LogP contribution in [0.15, 0.2) is 35.3 Å². The van der Waals surface area contributed by atoms with Crippen LogP contribution in [0.5, 0.6) is 0 Å². The topological polar surface area (TPSA) is 45.7 Å². The van der Waals surface area contributed by atoms with Crippen LogP contribution in [0.1, 0.15) is 50.5 Å². The number of rotatable bonds is 8. The predicted molar refractivity (Wildman–Crippen MR) is 104 cm³/mol. The van der Waals surface area contributed by atoms with Crippen LogP contribution in [-0.2, 0) is 10.2 Å². The summed E-state index contributed by atoms with van der Waals surface area (Å²) in [7, 11) is 3.67. The first kappa shape index (κ1) is 18.2. The van der Waals surface area contributed by atoms with E-state index >= 15 is 0 Å². The van der Waals surface area contributed by atoms with Gasteiger partial charge in [0.15, 0.2) is 5.96 Å². The lowest BCUT2D eigenvalue weighted by Gasteiger charge is -2.30. The Bertz CT molecular complexity index is 560. The highest BCUT2D eigenvalue weighted by Gasteiger charge is 2.44. The molecule has 3 rings (SSSR count). The fourth-order valence-corrected chi connectivity index (χ4v) is 4.21. The van der Waals surface area contributed by atoms with Crippen molar-refractivity contribution in [3.63, 3.8) is 0 Å². The molecule has 2 fully saturated rings. The quantitative estimate of drug-likeness (QED) is 0.561. The Morgan fingerprint density at radius 3 is 2.32 bits per heavy atom. The molecule has 0 heterocycles. The zero-order chi connectivity index (χ0) is 17.6. The van der Waals surface area contributed by atoms with Crippen molar-refractivity contribution in [1.82, 2.24) is 10.6 Å². The maximum absolute atomic E-state index is 5.34. The Labute approximate surface area is 152 Å². The monoisotopic (exact) mass is 343 g/mol. The molecule has 2 N–H and O–H groups in total. The number of methoxy groups -OCH3 is 1. The second-order valence-electron chi connectivity index (χ2n) is 7.88. The van der Waals surface area contributed by atoms with E-state index in [9.17, 15) is 0 Å². The lowest BCUT2D eigenvalue weighted by molar-refractivity contribution is 0.138. The van der Waals surface area contributed by atoms with Gasteiger partial charge in [0.1, 0.15) is 0 Å². The normalized spacial score (nSPS) is 21.1. The molecule has 0 amide bonds. The van der Waals surface area contributed by atoms with Crippen molar-refractivity contribution < 1.29 is 4.74 Å². The van der Waals surface area contributed by atoms with Gasteiger partial charge in [-0.25, -0.2) is 0 Å². The first-order valence-electron chi connectivity index (χ1n) is 9.71. The van der Waals surface area contributed by atoms with E-state index in [0.29, 0.717) is 10.8 Å². The van der Waals surface area contributed by atoms with E-state index in [1.54, 1.807) is 7.11 Å². The molecule has 0 bridgehead atoms. The smallest absolute Gasteiger partial charge is 0.191 e. The second kappa shape index (κ2) is 8.22. The number of nitrogens with zero attached hydrogens (tertiary/aromatic N) is 1. The van der Waals surface area contributed by atoms with E-state index < -0.39 is 0 Å². The minimum atomic E-state index is 0.306. The third kappa shape index (κ3) is 4.55. The van der Waals surface area contributed by atoms with Gasteiger partial charge in [-0.05, 0) is 43.1 Å². The van der Waals surface area contributed by atoms with Crippen LogP contribution in [0.25, 0.3) is 0 Å². The van der Waals surface area contributed by atoms with Crippen molar-refractivity contribution in [3.05, 3.63) is 35.9 Å². The van der Waals surface area contributed by atoms with Gasteiger partial charge in [-0.2, -0.15) is 0 Å². The van der Waals surface area contributed by atoms with Gasteiger partial charge in [-0.15, -0.1) is 0 Å². The Morgan fingerprint density at radius 2 is 1.72 bits per heavy atom. The van der Waals surface area contributed by atoms with Gasteiger partial charge in [0.05, 0.1) is 0 Å². The van der Waals surface area contributed by atoms with Crippen molar-refractivity contribution in [3.8, 4) is 0 Å². The second-order valence-corrected chi connectivity index (χ2v) is 7.88. The molecule has 0 aliphatic heterocycles. The van der Waals surface area contributed by atoms with Crippen molar-refractivity contribution >= 4 is 5.96 Å². The number of aliphatic imine (C=N–C) groups is 1. The molecule has 4 nitrogen and oxygen atoms in total. The summed E-state index contributed by atoms with van der Waals surface area (Å²) in [5.74, 6) is 0.936. The van der Waals surface area contributed by atoms with E-state index in [2.05, 4.69) is 46.0 Å². The van der Waals surface area contributed by atoms with Crippen LogP contribution in [0.3, 0.4) is 0 Å². The SMILES string of the molecule is CN=C(NCC1(CCOC)CCCC1)NCC1(c2ccccc2)CC1. The van der Waals surface area contributed by atoms with Crippen LogP contribution in [-0.4, -0.2) is 39.8 Å². The first-order chi connectivity index (χ1) is 12.2. The van der Waals surface area contributed by atoms with Crippen molar-refractivity contribution in [2.45, 2.75) is 50.4 Å². The summed E-state index contributed by atoms with van der Waals surface area (Å²) in [5.41, 5.74) is 2.13. The highest BCUT2D eigenvalue weighted by Crippen LogP contribution is 2.47. The Balaban J connectivity index is 1.51. The van der Waals surface area contributed by atoms with Crippen molar-refractivity contribution in [2.75, 3.05) is 33.9 Å². The third-order valence-electron chi connectivity index (χ3n) is 6.19. The van der Waals surface area contributed by atoms with Crippen LogP contribution in [0, 0.1) is 5.41 Å². The van der Waals surface area contributed by atoms with Gasteiger partial charge < -0.3 is 15.4 Å². The number of ether oxygens (including phenoxy) is 1. The lowest BCUT2D eigenvalue weighted by atomic mass is 9.83. The van der Waals surface area contributed by atoms with E-state index in [1.807, 2.05) is 7.05 Å². The first-order valence-corrected chi connectivity index (χ1v) is 9.71. The molecule has 4 heteroatoms. The molecule has 0 radical (unpaired) electrons. The molecule has 25 heavy (non-hydrogen) atoms. The van der Waals surface area contributed by atoms with Crippen molar-refractivity contribution in [2.24, 2.45) is 10.4 Å². The molecular formula is C21H33N3O. The summed E-state index contributed by atoms with van der Waals surface area (Å²) in [4.78, 5) is 4.45. The Kier molecular flexibility index (Phi) is 6.00. The highest BCUT2D eigenvalue weighted by molar-refractivity contribution is 5.79. The molecule has 1 aromatic rings. The standard InChI is InChI=1S/C21H33N3O/c1-22-19(23-16-20(14-15-25-2)10-6-7-11-20)24-17-21(12-13-21)18-8-4-3-5-9-18/h3-5,8-9H,6-7,10-17H2,1-2H3,(H2,22,23,24). The summed E-state index contributed by atoms with van der Waals surface area (Å²) >= 11 is 0. The minimum Gasteiger partial charge on any atom is -0.385 e. The molecule has 2 aliphatic carbocycles. The van der Waals surface area contributed by atoms with Gasteiger partial charge in [0.25, 0.3) is 0 Å². The van der Waals surface area contributed by atoms with Gasteiger partial charge in [-0.3, -0.25) is 4.99 Å². The number of nitrogens with one attached hydrogen (secondary N) is 2. The van der Waals surface area contributed by atoms with Gasteiger partial charge in [-0.1, -0.05) is 43.2 Å². The summed E-state index contributed by atoms with van der Waals surface area (Å²) in [5, 5.41) is 7.17. The molecule has 0 unspecified atom stereocenters. The fraction of sp³-hybridized carbons (Fsp3) is 0.667. The highest BCUT2D eigenvalue weighted by atomic mass is 16.5. The number of hydrogen-bond donors (Lipinski definition) is 2. The molecule has 0 spiro atoms. The molecule has 138 valence electrons. The van der Waals surface area contributed by atoms with Gasteiger partial charge in [0, 0.05) is 39.3 Å². The third-order valence-corrected chi connectivity index (χ3v) is 6.19. The molecule has 2 saturated carbocycles. The summed E-state index contributed by atoms with van der Waals surface area (Å²) in [6.45, 7) is 2.81. The molecule has 1 aromatic carbocycles. The van der Waals surface area contributed by atoms with Crippen LogP contribution in [0.4, 0.5) is 0 Å². The van der Waals surface area contributed by atoms with E-state index in [0.717, 1.165) is 32.1 Å². The van der Waals surface area contributed by atoms with Crippen molar-refractivity contribution in [1.29, 1.82) is 0 Å². The maximum atomic E-state index is 5.34. The molecule has 2 aliphatic rings. The van der Waals surface area contributed by atoms with Gasteiger partial charge in [0.2, 0.25) is 0 Å². The largest absolute Gasteiger partial charge is 0.385 e. The zero-order valence-corrected chi connectivity index (χ0v) is 15.8. The Hall–Kier alpha value is -1.55. The molecule has 0 saturated heterocycles. The number of hydrogen-bond acceptors (Lipinski definition) is 2. The average molecular weight is 344 g/mol. The number of guanidine groups is 1. The predicted octanol–water partition coefficient (Wildman–Crippen LogP) is 3.48. The molecular weight excluding hydrogens is 310 g/mol. The molecule has 0 atom stereocenters. The van der Waals surface area contributed by atoms with Crippen LogP contribution >= 0.6 is 0 Å². The lowest BCUT2D eigenvalue weighted by Crippen LogP contribution is -2.45. The Morgan fingerprint density at radius 1 is 1.04 bits per heavy atom. The van der Waals surface area contributed by atoms with Crippen LogP contribution < -0.4 is 10.6 Å². The van der Waals surface area contributed by atoms with E-state index in [4.69, 9.17) is 4.74 Å².